The molecule has 27 heavy (non-hydrogen) atoms. The molecule has 0 N–H and O–H groups in total. The summed E-state index contributed by atoms with van der Waals surface area (Å²) < 4.78 is 8.44. The number of rotatable bonds is 4. The van der Waals surface area contributed by atoms with Crippen LogP contribution in [0.15, 0.2) is 30.3 Å². The normalized spacial score (nSPS) is 13.9. The summed E-state index contributed by atoms with van der Waals surface area (Å²) in [5, 5.41) is 8.75. The molecule has 1 aromatic carbocycles. The summed E-state index contributed by atoms with van der Waals surface area (Å²) >= 11 is 0. The molecule has 0 bridgehead atoms. The molecule has 1 amide bonds. The van der Waals surface area contributed by atoms with Gasteiger partial charge in [-0.1, -0.05) is 30.3 Å². The molecule has 3 aromatic rings. The molecule has 1 aliphatic heterocycles. The first-order valence-corrected chi connectivity index (χ1v) is 8.85. The molecule has 1 aliphatic rings. The van der Waals surface area contributed by atoms with Crippen molar-refractivity contribution < 1.29 is 9.53 Å². The Morgan fingerprint density at radius 2 is 1.93 bits per heavy atom. The van der Waals surface area contributed by atoms with Crippen LogP contribution in [0.1, 0.15) is 27.8 Å². The summed E-state index contributed by atoms with van der Waals surface area (Å²) in [6.45, 7) is 1.70. The smallest absolute Gasteiger partial charge is 0.314 e. The van der Waals surface area contributed by atoms with Crippen molar-refractivity contribution >= 4 is 5.91 Å². The zero-order valence-corrected chi connectivity index (χ0v) is 15.4. The van der Waals surface area contributed by atoms with Crippen LogP contribution in [-0.4, -0.2) is 60.5 Å². The molecule has 4 rings (SSSR count). The molecule has 3 heterocycles. The van der Waals surface area contributed by atoms with Crippen LogP contribution >= 0.6 is 0 Å². The summed E-state index contributed by atoms with van der Waals surface area (Å²) in [4.78, 5) is 23.2. The van der Waals surface area contributed by atoms with Gasteiger partial charge in [-0.05, 0) is 5.56 Å². The molecular weight excluding hydrogens is 346 g/mol. The van der Waals surface area contributed by atoms with Crippen LogP contribution in [0.25, 0.3) is 0 Å². The second-order valence-corrected chi connectivity index (χ2v) is 6.42. The van der Waals surface area contributed by atoms with Gasteiger partial charge in [-0.3, -0.25) is 4.79 Å². The minimum atomic E-state index is -0.204. The first-order chi connectivity index (χ1) is 13.1. The summed E-state index contributed by atoms with van der Waals surface area (Å²) in [5.41, 5.74) is 1.19. The van der Waals surface area contributed by atoms with Crippen molar-refractivity contribution in [1.29, 1.82) is 0 Å². The predicted octanol–water partition coefficient (Wildman–Crippen LogP) is 0.704. The second-order valence-electron chi connectivity index (χ2n) is 6.42. The number of hydrogen-bond donors (Lipinski definition) is 0. The summed E-state index contributed by atoms with van der Waals surface area (Å²) in [7, 11) is 3.20. The van der Waals surface area contributed by atoms with Crippen LogP contribution in [-0.2, 0) is 26.4 Å². The van der Waals surface area contributed by atoms with E-state index in [1.54, 1.807) is 11.9 Å². The third-order valence-corrected chi connectivity index (χ3v) is 4.57. The van der Waals surface area contributed by atoms with Gasteiger partial charge in [-0.25, -0.2) is 14.3 Å². The largest absolute Gasteiger partial charge is 0.467 e. The lowest BCUT2D eigenvalue weighted by Gasteiger charge is -2.17. The Morgan fingerprint density at radius 3 is 2.67 bits per heavy atom. The van der Waals surface area contributed by atoms with E-state index >= 15 is 0 Å². The van der Waals surface area contributed by atoms with Crippen molar-refractivity contribution in [3.05, 3.63) is 53.4 Å². The van der Waals surface area contributed by atoms with Crippen LogP contribution in [0.4, 0.5) is 0 Å². The van der Waals surface area contributed by atoms with Gasteiger partial charge in [-0.2, -0.15) is 10.1 Å². The average molecular weight is 367 g/mol. The Balaban J connectivity index is 1.44. The highest BCUT2D eigenvalue weighted by molar-refractivity contribution is 5.90. The molecule has 0 atom stereocenters. The van der Waals surface area contributed by atoms with Gasteiger partial charge in [0.25, 0.3) is 5.91 Å². The third-order valence-electron chi connectivity index (χ3n) is 4.57. The third kappa shape index (κ3) is 3.53. The van der Waals surface area contributed by atoms with E-state index in [1.807, 2.05) is 22.9 Å². The van der Waals surface area contributed by atoms with Crippen LogP contribution in [0.5, 0.6) is 6.01 Å². The van der Waals surface area contributed by atoms with E-state index in [1.165, 1.54) is 17.4 Å². The van der Waals surface area contributed by atoms with E-state index in [0.717, 1.165) is 11.6 Å². The van der Waals surface area contributed by atoms with Crippen LogP contribution in [0.2, 0.25) is 0 Å². The molecule has 0 saturated carbocycles. The van der Waals surface area contributed by atoms with Gasteiger partial charge in [0.15, 0.2) is 5.82 Å². The number of ether oxygens (including phenoxy) is 1. The highest BCUT2D eigenvalue weighted by Crippen LogP contribution is 2.13. The van der Waals surface area contributed by atoms with Crippen molar-refractivity contribution in [3.63, 3.8) is 0 Å². The lowest BCUT2D eigenvalue weighted by molar-refractivity contribution is 0.0745. The molecule has 140 valence electrons. The van der Waals surface area contributed by atoms with E-state index in [-0.39, 0.29) is 11.7 Å². The van der Waals surface area contributed by atoms with E-state index in [0.29, 0.717) is 38.5 Å². The standard InChI is InChI=1S/C18H21N7O2/c1-23-18(27-2)20-16(22-23)17(26)24-9-8-15-19-14(21-25(15)11-10-24)12-13-6-4-3-5-7-13/h3-7H,8-12H2,1-2H3. The summed E-state index contributed by atoms with van der Waals surface area (Å²) in [6.07, 6.45) is 1.36. The number of amides is 1. The summed E-state index contributed by atoms with van der Waals surface area (Å²) in [5.74, 6) is 1.66. The van der Waals surface area contributed by atoms with Gasteiger partial charge in [0.05, 0.1) is 13.7 Å². The van der Waals surface area contributed by atoms with Crippen molar-refractivity contribution in [2.24, 2.45) is 7.05 Å². The average Bonchev–Trinajstić information content (AvgIpc) is 3.19. The predicted molar refractivity (Wildman–Crippen MR) is 96.4 cm³/mol. The highest BCUT2D eigenvalue weighted by atomic mass is 16.5. The first-order valence-electron chi connectivity index (χ1n) is 8.85. The quantitative estimate of drug-likeness (QED) is 0.674. The highest BCUT2D eigenvalue weighted by Gasteiger charge is 2.25. The molecule has 2 aromatic heterocycles. The lowest BCUT2D eigenvalue weighted by Crippen LogP contribution is -2.34. The van der Waals surface area contributed by atoms with Gasteiger partial charge in [0.1, 0.15) is 5.82 Å². The maximum absolute atomic E-state index is 12.7. The van der Waals surface area contributed by atoms with Gasteiger partial charge >= 0.3 is 6.01 Å². The topological polar surface area (TPSA) is 91.0 Å². The van der Waals surface area contributed by atoms with Gasteiger partial charge < -0.3 is 9.64 Å². The maximum atomic E-state index is 12.7. The second kappa shape index (κ2) is 7.18. The zero-order chi connectivity index (χ0) is 18.8. The molecule has 0 unspecified atom stereocenters. The van der Waals surface area contributed by atoms with Crippen molar-refractivity contribution in [2.45, 2.75) is 19.4 Å². The molecule has 0 aliphatic carbocycles. The number of carbonyl (C=O) groups excluding carboxylic acids is 1. The van der Waals surface area contributed by atoms with Crippen molar-refractivity contribution in [2.75, 3.05) is 20.2 Å². The molecule has 9 heteroatoms. The number of aryl methyl sites for hydroxylation is 1. The fourth-order valence-corrected chi connectivity index (χ4v) is 3.19. The Bertz CT molecular complexity index is 923. The summed E-state index contributed by atoms with van der Waals surface area (Å²) in [6, 6.07) is 10.5. The van der Waals surface area contributed by atoms with Gasteiger partial charge in [0, 0.05) is 33.0 Å². The molecule has 9 nitrogen and oxygen atoms in total. The minimum Gasteiger partial charge on any atom is -0.467 e. The number of methoxy groups -OCH3 is 1. The van der Waals surface area contributed by atoms with Crippen molar-refractivity contribution in [1.82, 2.24) is 34.4 Å². The Morgan fingerprint density at radius 1 is 1.11 bits per heavy atom. The molecule has 0 saturated heterocycles. The number of fused-ring (bicyclic) bond motifs is 1. The zero-order valence-electron chi connectivity index (χ0n) is 15.4. The van der Waals surface area contributed by atoms with E-state index in [4.69, 9.17) is 4.74 Å². The molecule has 0 radical (unpaired) electrons. The number of nitrogens with zero attached hydrogens (tertiary/aromatic N) is 7. The van der Waals surface area contributed by atoms with E-state index < -0.39 is 0 Å². The number of benzene rings is 1. The Kier molecular flexibility index (Phi) is 4.57. The number of hydrogen-bond acceptors (Lipinski definition) is 6. The SMILES string of the molecule is COc1nc(C(=O)N2CCc3nc(Cc4ccccc4)nn3CC2)nn1C. The molecule has 0 spiro atoms. The number of carbonyl (C=O) groups is 1. The fourth-order valence-electron chi connectivity index (χ4n) is 3.19. The van der Waals surface area contributed by atoms with E-state index in [9.17, 15) is 4.79 Å². The maximum Gasteiger partial charge on any atom is 0.314 e. The molecule has 0 fully saturated rings. The van der Waals surface area contributed by atoms with Crippen molar-refractivity contribution in [3.8, 4) is 6.01 Å². The first kappa shape index (κ1) is 17.2. The lowest BCUT2D eigenvalue weighted by atomic mass is 10.1. The van der Waals surface area contributed by atoms with Gasteiger partial charge in [0.2, 0.25) is 5.82 Å². The Hall–Kier alpha value is -3.23. The van der Waals surface area contributed by atoms with Crippen LogP contribution < -0.4 is 4.74 Å². The fraction of sp³-hybridized carbons (Fsp3) is 0.389. The number of aromatic nitrogens is 6. The monoisotopic (exact) mass is 367 g/mol. The Labute approximate surface area is 156 Å². The van der Waals surface area contributed by atoms with E-state index in [2.05, 4.69) is 32.3 Å². The van der Waals surface area contributed by atoms with Crippen LogP contribution in [0.3, 0.4) is 0 Å². The van der Waals surface area contributed by atoms with Gasteiger partial charge in [-0.15, -0.1) is 5.10 Å². The minimum absolute atomic E-state index is 0.145. The molecular formula is C18H21N7O2. The van der Waals surface area contributed by atoms with Crippen LogP contribution in [0, 0.1) is 0 Å².